The number of benzene rings is 1. The molecule has 0 aliphatic rings. The minimum Gasteiger partial charge on any atom is -0.497 e. The Hall–Kier alpha value is -2.21. The standard InChI is InChI=1S/C17H16ClF2N3O/c1-4-23-16-15(10(2)22-23)13(17(18,19)20)9-14(21-16)11-5-7-12(24-3)8-6-11/h5-9H,4H2,1-3H3. The number of ether oxygens (including phenoxy) is 1. The quantitative estimate of drug-likeness (QED) is 0.638. The summed E-state index contributed by atoms with van der Waals surface area (Å²) in [7, 11) is 1.56. The van der Waals surface area contributed by atoms with Crippen LogP contribution in [0.1, 0.15) is 18.2 Å². The van der Waals surface area contributed by atoms with E-state index in [0.29, 0.717) is 40.3 Å². The molecule has 0 atom stereocenters. The van der Waals surface area contributed by atoms with Crippen LogP contribution in [0.5, 0.6) is 5.75 Å². The maximum Gasteiger partial charge on any atom is 0.349 e. The van der Waals surface area contributed by atoms with Gasteiger partial charge in [-0.25, -0.2) is 9.67 Å². The van der Waals surface area contributed by atoms with E-state index in [0.717, 1.165) is 0 Å². The third-order valence-corrected chi connectivity index (χ3v) is 4.07. The van der Waals surface area contributed by atoms with E-state index in [2.05, 4.69) is 10.1 Å². The number of rotatable bonds is 4. The molecule has 0 unspecified atom stereocenters. The first-order chi connectivity index (χ1) is 11.3. The number of pyridine rings is 1. The fourth-order valence-corrected chi connectivity index (χ4v) is 2.86. The highest BCUT2D eigenvalue weighted by Crippen LogP contribution is 2.39. The van der Waals surface area contributed by atoms with Gasteiger partial charge < -0.3 is 4.74 Å². The molecule has 7 heteroatoms. The first-order valence-corrected chi connectivity index (χ1v) is 7.82. The number of fused-ring (bicyclic) bond motifs is 1. The van der Waals surface area contributed by atoms with E-state index < -0.39 is 5.38 Å². The van der Waals surface area contributed by atoms with Crippen molar-refractivity contribution >= 4 is 22.6 Å². The van der Waals surface area contributed by atoms with E-state index in [1.807, 2.05) is 6.92 Å². The van der Waals surface area contributed by atoms with Gasteiger partial charge >= 0.3 is 5.38 Å². The van der Waals surface area contributed by atoms with Crippen molar-refractivity contribution in [2.24, 2.45) is 0 Å². The molecule has 24 heavy (non-hydrogen) atoms. The molecule has 0 radical (unpaired) electrons. The highest BCUT2D eigenvalue weighted by molar-refractivity contribution is 6.22. The topological polar surface area (TPSA) is 39.9 Å². The van der Waals surface area contributed by atoms with Crippen LogP contribution in [0.3, 0.4) is 0 Å². The minimum absolute atomic E-state index is 0.280. The molecule has 0 saturated carbocycles. The first-order valence-electron chi connectivity index (χ1n) is 7.45. The number of halogens is 3. The van der Waals surface area contributed by atoms with Gasteiger partial charge in [0, 0.05) is 12.1 Å². The summed E-state index contributed by atoms with van der Waals surface area (Å²) in [6.45, 7) is 4.08. The van der Waals surface area contributed by atoms with Gasteiger partial charge in [0.15, 0.2) is 5.65 Å². The highest BCUT2D eigenvalue weighted by atomic mass is 35.5. The number of methoxy groups -OCH3 is 1. The molecule has 3 aromatic rings. The lowest BCUT2D eigenvalue weighted by Gasteiger charge is -2.13. The maximum absolute atomic E-state index is 14.0. The van der Waals surface area contributed by atoms with Crippen LogP contribution in [0.2, 0.25) is 0 Å². The van der Waals surface area contributed by atoms with E-state index in [4.69, 9.17) is 16.3 Å². The summed E-state index contributed by atoms with van der Waals surface area (Å²) in [4.78, 5) is 4.53. The molecular formula is C17H16ClF2N3O. The smallest absolute Gasteiger partial charge is 0.349 e. The molecule has 4 nitrogen and oxygen atoms in total. The predicted octanol–water partition coefficient (Wildman–Crippen LogP) is 4.72. The van der Waals surface area contributed by atoms with Crippen molar-refractivity contribution in [2.75, 3.05) is 7.11 Å². The average molecular weight is 352 g/mol. The Labute approximate surface area is 143 Å². The molecular weight excluding hydrogens is 336 g/mol. The van der Waals surface area contributed by atoms with E-state index in [9.17, 15) is 8.78 Å². The summed E-state index contributed by atoms with van der Waals surface area (Å²) in [5.41, 5.74) is 1.71. The molecule has 2 heterocycles. The molecule has 0 spiro atoms. The molecule has 2 aromatic heterocycles. The second kappa shape index (κ2) is 6.02. The Bertz CT molecular complexity index is 885. The van der Waals surface area contributed by atoms with E-state index in [-0.39, 0.29) is 5.56 Å². The molecule has 0 N–H and O–H groups in total. The second-order valence-corrected chi connectivity index (χ2v) is 5.86. The van der Waals surface area contributed by atoms with Crippen LogP contribution in [0, 0.1) is 6.92 Å². The summed E-state index contributed by atoms with van der Waals surface area (Å²) in [5, 5.41) is 1.08. The number of aryl methyl sites for hydroxylation is 2. The van der Waals surface area contributed by atoms with Crippen molar-refractivity contribution in [3.63, 3.8) is 0 Å². The number of hydrogen-bond donors (Lipinski definition) is 0. The summed E-state index contributed by atoms with van der Waals surface area (Å²) in [6.07, 6.45) is 0. The Balaban J connectivity index is 2.29. The fourth-order valence-electron chi connectivity index (χ4n) is 2.71. The van der Waals surface area contributed by atoms with Crippen LogP contribution >= 0.6 is 11.6 Å². The van der Waals surface area contributed by atoms with Crippen LogP contribution in [-0.2, 0) is 11.9 Å². The summed E-state index contributed by atoms with van der Waals surface area (Å²) in [6, 6.07) is 8.36. The Morgan fingerprint density at radius 1 is 1.25 bits per heavy atom. The van der Waals surface area contributed by atoms with Crippen LogP contribution in [0.15, 0.2) is 30.3 Å². The number of alkyl halides is 3. The Morgan fingerprint density at radius 3 is 2.46 bits per heavy atom. The third kappa shape index (κ3) is 2.82. The van der Waals surface area contributed by atoms with Gasteiger partial charge in [-0.15, -0.1) is 0 Å². The zero-order chi connectivity index (χ0) is 17.5. The number of nitrogens with zero attached hydrogens (tertiary/aromatic N) is 3. The van der Waals surface area contributed by atoms with E-state index in [1.165, 1.54) is 6.07 Å². The number of aromatic nitrogens is 3. The molecule has 1 aromatic carbocycles. The lowest BCUT2D eigenvalue weighted by Crippen LogP contribution is -2.07. The van der Waals surface area contributed by atoms with Crippen molar-refractivity contribution in [1.82, 2.24) is 14.8 Å². The van der Waals surface area contributed by atoms with Gasteiger partial charge in [-0.2, -0.15) is 13.9 Å². The normalized spacial score (nSPS) is 11.9. The van der Waals surface area contributed by atoms with Gasteiger partial charge in [0.05, 0.1) is 29.4 Å². The molecule has 126 valence electrons. The van der Waals surface area contributed by atoms with Crippen molar-refractivity contribution in [2.45, 2.75) is 25.8 Å². The van der Waals surface area contributed by atoms with Crippen LogP contribution in [0.4, 0.5) is 8.78 Å². The predicted molar refractivity (Wildman–Crippen MR) is 89.7 cm³/mol. The van der Waals surface area contributed by atoms with Gasteiger partial charge in [-0.05, 0) is 55.8 Å². The van der Waals surface area contributed by atoms with Gasteiger partial charge in [0.25, 0.3) is 0 Å². The van der Waals surface area contributed by atoms with Crippen LogP contribution < -0.4 is 4.74 Å². The lowest BCUT2D eigenvalue weighted by molar-refractivity contribution is 0.0968. The van der Waals surface area contributed by atoms with Gasteiger partial charge in [0.2, 0.25) is 0 Å². The zero-order valence-corrected chi connectivity index (χ0v) is 14.2. The summed E-state index contributed by atoms with van der Waals surface area (Å²) < 4.78 is 34.7. The van der Waals surface area contributed by atoms with Gasteiger partial charge in [0.1, 0.15) is 5.75 Å². The van der Waals surface area contributed by atoms with Crippen LogP contribution in [0.25, 0.3) is 22.3 Å². The van der Waals surface area contributed by atoms with Crippen molar-refractivity contribution in [1.29, 1.82) is 0 Å². The zero-order valence-electron chi connectivity index (χ0n) is 13.5. The third-order valence-electron chi connectivity index (χ3n) is 3.87. The van der Waals surface area contributed by atoms with Crippen molar-refractivity contribution < 1.29 is 13.5 Å². The molecule has 0 aliphatic carbocycles. The minimum atomic E-state index is -3.51. The molecule has 0 amide bonds. The average Bonchev–Trinajstić information content (AvgIpc) is 2.89. The number of hydrogen-bond acceptors (Lipinski definition) is 3. The SMILES string of the molecule is CCn1nc(C)c2c(C(F)(F)Cl)cc(-c3ccc(OC)cc3)nc21. The van der Waals surface area contributed by atoms with Gasteiger partial charge in [-0.1, -0.05) is 0 Å². The van der Waals surface area contributed by atoms with Crippen LogP contribution in [-0.4, -0.2) is 21.9 Å². The first kappa shape index (κ1) is 16.6. The fraction of sp³-hybridized carbons (Fsp3) is 0.294. The molecule has 0 fully saturated rings. The van der Waals surface area contributed by atoms with Crippen molar-refractivity contribution in [3.8, 4) is 17.0 Å². The van der Waals surface area contributed by atoms with E-state index >= 15 is 0 Å². The molecule has 0 bridgehead atoms. The maximum atomic E-state index is 14.0. The van der Waals surface area contributed by atoms with Gasteiger partial charge in [-0.3, -0.25) is 0 Å². The summed E-state index contributed by atoms with van der Waals surface area (Å²) >= 11 is 5.35. The largest absolute Gasteiger partial charge is 0.497 e. The molecule has 3 rings (SSSR count). The Morgan fingerprint density at radius 2 is 1.92 bits per heavy atom. The molecule has 0 aliphatic heterocycles. The van der Waals surface area contributed by atoms with E-state index in [1.54, 1.807) is 43.0 Å². The summed E-state index contributed by atoms with van der Waals surface area (Å²) in [5.74, 6) is 0.678. The monoisotopic (exact) mass is 351 g/mol. The lowest BCUT2D eigenvalue weighted by atomic mass is 10.1. The molecule has 0 saturated heterocycles. The Kier molecular flexibility index (Phi) is 4.17. The second-order valence-electron chi connectivity index (χ2n) is 5.38. The highest BCUT2D eigenvalue weighted by Gasteiger charge is 2.33. The van der Waals surface area contributed by atoms with Crippen molar-refractivity contribution in [3.05, 3.63) is 41.6 Å².